The van der Waals surface area contributed by atoms with Gasteiger partial charge in [0.25, 0.3) is 11.8 Å². The maximum atomic E-state index is 11.8. The number of benzene rings is 2. The minimum absolute atomic E-state index is 0.0492. The highest BCUT2D eigenvalue weighted by atomic mass is 16.5. The van der Waals surface area contributed by atoms with Gasteiger partial charge < -0.3 is 26.0 Å². The lowest BCUT2D eigenvalue weighted by Crippen LogP contribution is -2.31. The lowest BCUT2D eigenvalue weighted by Gasteiger charge is -2.17. The van der Waals surface area contributed by atoms with Crippen LogP contribution in [0.25, 0.3) is 11.5 Å². The number of hydrogen-bond acceptors (Lipinski definition) is 9. The molecule has 0 spiro atoms. The molecule has 37 heavy (non-hydrogen) atoms. The number of anilines is 3. The van der Waals surface area contributed by atoms with Crippen molar-refractivity contribution in [2.45, 2.75) is 39.0 Å². The minimum Gasteiger partial charge on any atom is -0.396 e. The van der Waals surface area contributed by atoms with E-state index in [1.54, 1.807) is 12.3 Å². The zero-order valence-electron chi connectivity index (χ0n) is 21.2. The van der Waals surface area contributed by atoms with Gasteiger partial charge >= 0.3 is 0 Å². The summed E-state index contributed by atoms with van der Waals surface area (Å²) in [6.07, 6.45) is 3.10. The van der Waals surface area contributed by atoms with Gasteiger partial charge in [0, 0.05) is 36.0 Å². The monoisotopic (exact) mass is 501 g/mol. The Bertz CT molecular complexity index is 1360. The molecule has 1 amide bonds. The summed E-state index contributed by atoms with van der Waals surface area (Å²) in [5.41, 5.74) is 9.99. The first-order valence-electron chi connectivity index (χ1n) is 12.0. The predicted octanol–water partition coefficient (Wildman–Crippen LogP) is 3.66. The maximum Gasteiger partial charge on any atom is 0.263 e. The zero-order valence-corrected chi connectivity index (χ0v) is 21.2. The Morgan fingerprint density at radius 3 is 2.57 bits per heavy atom. The van der Waals surface area contributed by atoms with Crippen LogP contribution in [0.5, 0.6) is 0 Å². The normalized spacial score (nSPS) is 12.7. The van der Waals surface area contributed by atoms with Gasteiger partial charge in [0.15, 0.2) is 5.82 Å². The number of nitrogens with zero attached hydrogens (tertiary/aromatic N) is 4. The van der Waals surface area contributed by atoms with Crippen LogP contribution in [0.15, 0.2) is 59.3 Å². The first-order valence-corrected chi connectivity index (χ1v) is 12.0. The number of aromatic nitrogens is 4. The van der Waals surface area contributed by atoms with E-state index in [4.69, 9.17) is 15.4 Å². The van der Waals surface area contributed by atoms with Crippen molar-refractivity contribution < 1.29 is 14.4 Å². The van der Waals surface area contributed by atoms with E-state index in [0.29, 0.717) is 29.4 Å². The average molecular weight is 502 g/mol. The summed E-state index contributed by atoms with van der Waals surface area (Å²) < 4.78 is 5.31. The highest BCUT2D eigenvalue weighted by molar-refractivity contribution is 5.97. The summed E-state index contributed by atoms with van der Waals surface area (Å²) in [5.74, 6) is 1.40. The molecule has 0 aliphatic carbocycles. The fourth-order valence-corrected chi connectivity index (χ4v) is 3.67. The Morgan fingerprint density at radius 2 is 1.89 bits per heavy atom. The summed E-state index contributed by atoms with van der Waals surface area (Å²) in [6.45, 7) is 6.86. The Hall–Kier alpha value is -4.31. The molecule has 0 saturated carbocycles. The fourth-order valence-electron chi connectivity index (χ4n) is 3.67. The van der Waals surface area contributed by atoms with Crippen LogP contribution in [-0.2, 0) is 18.3 Å². The molecule has 2 aromatic heterocycles. The first kappa shape index (κ1) is 25.8. The number of hydrogen-bond donors (Lipinski definition) is 4. The molecular weight excluding hydrogens is 470 g/mol. The quantitative estimate of drug-likeness (QED) is 0.321. The lowest BCUT2D eigenvalue weighted by molar-refractivity contribution is 0.0946. The van der Waals surface area contributed by atoms with E-state index >= 15 is 0 Å². The molecule has 0 radical (unpaired) electrons. The molecule has 3 heterocycles. The van der Waals surface area contributed by atoms with Gasteiger partial charge in [-0.2, -0.15) is 9.97 Å². The lowest BCUT2D eigenvalue weighted by atomic mass is 9.96. The van der Waals surface area contributed by atoms with Crippen LogP contribution in [-0.4, -0.2) is 44.3 Å². The average Bonchev–Trinajstić information content (AvgIpc) is 3.36. The number of carbonyl (C=O) groups is 1. The maximum absolute atomic E-state index is 11.8. The first-order chi connectivity index (χ1) is 17.7. The van der Waals surface area contributed by atoms with Crippen LogP contribution in [0.2, 0.25) is 0 Å². The number of carbonyl (C=O) groups excluding carboxylic acids is 1. The van der Waals surface area contributed by atoms with Crippen molar-refractivity contribution in [3.8, 4) is 11.5 Å². The zero-order chi connectivity index (χ0) is 26.4. The van der Waals surface area contributed by atoms with E-state index < -0.39 is 0 Å². The number of nitrogens with two attached hydrogens (primary N) is 1. The molecule has 10 heteroatoms. The van der Waals surface area contributed by atoms with Crippen molar-refractivity contribution in [3.05, 3.63) is 77.2 Å². The van der Waals surface area contributed by atoms with Crippen LogP contribution in [0.3, 0.4) is 0 Å². The smallest absolute Gasteiger partial charge is 0.263 e. The molecule has 0 atom stereocenters. The molecule has 192 valence electrons. The van der Waals surface area contributed by atoms with Crippen LogP contribution in [0, 0.1) is 0 Å². The highest BCUT2D eigenvalue weighted by Crippen LogP contribution is 2.27. The van der Waals surface area contributed by atoms with E-state index in [9.17, 15) is 4.79 Å². The molecule has 0 bridgehead atoms. The molecule has 5 N–H and O–H groups in total. The number of aliphatic hydroxyl groups is 1. The third-order valence-corrected chi connectivity index (χ3v) is 5.67. The third-order valence-electron chi connectivity index (χ3n) is 5.67. The molecule has 0 unspecified atom stereocenters. The molecule has 10 nitrogen and oxygen atoms in total. The Kier molecular flexibility index (Phi) is 7.78. The van der Waals surface area contributed by atoms with Crippen molar-refractivity contribution in [1.82, 2.24) is 25.4 Å². The van der Waals surface area contributed by atoms with Gasteiger partial charge in [-0.25, -0.2) is 4.98 Å². The van der Waals surface area contributed by atoms with E-state index in [1.807, 2.05) is 63.2 Å². The van der Waals surface area contributed by atoms with Gasteiger partial charge in [-0.3, -0.25) is 4.79 Å². The second-order valence-corrected chi connectivity index (χ2v) is 9.63. The van der Waals surface area contributed by atoms with Crippen molar-refractivity contribution in [2.75, 3.05) is 24.2 Å². The minimum atomic E-state index is -0.234. The van der Waals surface area contributed by atoms with Gasteiger partial charge in [-0.05, 0) is 42.2 Å². The number of nitrogen functional groups attached to an aromatic ring is 1. The number of fused-ring (bicyclic) bond motifs is 1. The Labute approximate surface area is 215 Å². The van der Waals surface area contributed by atoms with E-state index in [0.717, 1.165) is 24.1 Å². The Morgan fingerprint density at radius 1 is 1.11 bits per heavy atom. The summed E-state index contributed by atoms with van der Waals surface area (Å²) in [5, 5.41) is 18.5. The van der Waals surface area contributed by atoms with Crippen LogP contribution < -0.4 is 16.4 Å². The van der Waals surface area contributed by atoms with Gasteiger partial charge in [0.05, 0.1) is 0 Å². The predicted molar refractivity (Wildman–Crippen MR) is 141 cm³/mol. The van der Waals surface area contributed by atoms with Gasteiger partial charge in [0.1, 0.15) is 11.4 Å². The van der Waals surface area contributed by atoms with Crippen molar-refractivity contribution in [3.63, 3.8) is 0 Å². The van der Waals surface area contributed by atoms with Gasteiger partial charge in [0.2, 0.25) is 5.95 Å². The van der Waals surface area contributed by atoms with Gasteiger partial charge in [-0.15, -0.1) is 0 Å². The molecule has 2 aromatic carbocycles. The van der Waals surface area contributed by atoms with E-state index in [2.05, 4.69) is 30.7 Å². The standard InChI is InChI=1S/C19H21N7O2.C8H10O/c1-19(2,3)17-25-16(28-26-17)13-9-22-18(24-14(13)20)23-11-4-5-12-10(8-11)6-7-21-15(12)27;9-7-6-8-4-2-1-3-5-8/h4-5,8-9H,6-7H2,1-3H3,(H,21,27)(H3,20,22,23,24);1-5,9H,6-7H2. The number of amides is 1. The van der Waals surface area contributed by atoms with Crippen LogP contribution >= 0.6 is 0 Å². The number of nitrogens with one attached hydrogen (secondary N) is 2. The van der Waals surface area contributed by atoms with Crippen molar-refractivity contribution in [1.29, 1.82) is 0 Å². The van der Waals surface area contributed by atoms with Crippen LogP contribution in [0.4, 0.5) is 17.5 Å². The largest absolute Gasteiger partial charge is 0.396 e. The van der Waals surface area contributed by atoms with Crippen molar-refractivity contribution in [2.24, 2.45) is 0 Å². The molecule has 1 aliphatic rings. The SMILES string of the molecule is CC(C)(C)c1noc(-c2cnc(Nc3ccc4c(c3)CCNC4=O)nc2N)n1.OCCc1ccccc1. The molecule has 1 aliphatic heterocycles. The van der Waals surface area contributed by atoms with E-state index in [-0.39, 0.29) is 29.6 Å². The van der Waals surface area contributed by atoms with E-state index in [1.165, 1.54) is 5.56 Å². The second kappa shape index (κ2) is 11.2. The summed E-state index contributed by atoms with van der Waals surface area (Å²) >= 11 is 0. The molecule has 4 aromatic rings. The third kappa shape index (κ3) is 6.47. The Balaban J connectivity index is 0.000000301. The number of rotatable bonds is 5. The number of aliphatic hydroxyl groups excluding tert-OH is 1. The molecule has 5 rings (SSSR count). The molecule has 0 fully saturated rings. The van der Waals surface area contributed by atoms with Gasteiger partial charge in [-0.1, -0.05) is 56.3 Å². The second-order valence-electron chi connectivity index (χ2n) is 9.63. The summed E-state index contributed by atoms with van der Waals surface area (Å²) in [6, 6.07) is 15.5. The summed E-state index contributed by atoms with van der Waals surface area (Å²) in [4.78, 5) is 24.8. The topological polar surface area (TPSA) is 152 Å². The molecular formula is C27H31N7O3. The van der Waals surface area contributed by atoms with Crippen molar-refractivity contribution >= 4 is 23.4 Å². The fraction of sp³-hybridized carbons (Fsp3) is 0.296. The summed E-state index contributed by atoms with van der Waals surface area (Å²) in [7, 11) is 0. The molecule has 0 saturated heterocycles. The highest BCUT2D eigenvalue weighted by Gasteiger charge is 2.23. The van der Waals surface area contributed by atoms with Crippen LogP contribution in [0.1, 0.15) is 48.1 Å².